The summed E-state index contributed by atoms with van der Waals surface area (Å²) in [6.45, 7) is 10.4. The zero-order chi connectivity index (χ0) is 14.1. The van der Waals surface area contributed by atoms with Gasteiger partial charge in [0.25, 0.3) is 0 Å². The maximum Gasteiger partial charge on any atom is 0.0959 e. The first-order chi connectivity index (χ1) is 8.43. The Morgan fingerprint density at radius 1 is 1.28 bits per heavy atom. The van der Waals surface area contributed by atoms with Gasteiger partial charge in [0.15, 0.2) is 0 Å². The Morgan fingerprint density at radius 3 is 2.28 bits per heavy atom. The highest BCUT2D eigenvalue weighted by molar-refractivity contribution is 5.29. The second-order valence-electron chi connectivity index (χ2n) is 5.03. The number of methoxy groups -OCH3 is 1. The summed E-state index contributed by atoms with van der Waals surface area (Å²) in [4.78, 5) is 0. The van der Waals surface area contributed by atoms with Crippen LogP contribution >= 0.6 is 0 Å². The molecule has 0 fully saturated rings. The fourth-order valence-electron chi connectivity index (χ4n) is 1.77. The van der Waals surface area contributed by atoms with Crippen LogP contribution in [0.1, 0.15) is 41.0 Å². The molecule has 1 atom stereocenters. The van der Waals surface area contributed by atoms with Gasteiger partial charge >= 0.3 is 0 Å². The lowest BCUT2D eigenvalue weighted by atomic mass is 9.85. The summed E-state index contributed by atoms with van der Waals surface area (Å²) in [6.07, 6.45) is 6.67. The fourth-order valence-corrected chi connectivity index (χ4v) is 1.77. The zero-order valence-corrected chi connectivity index (χ0v) is 12.4. The summed E-state index contributed by atoms with van der Waals surface area (Å²) in [6, 6.07) is 2.27. The van der Waals surface area contributed by atoms with Crippen molar-refractivity contribution in [1.82, 2.24) is 0 Å². The first-order valence-electron chi connectivity index (χ1n) is 6.37. The Labute approximate surface area is 112 Å². The molecule has 0 heterocycles. The first kappa shape index (κ1) is 16.5. The molecule has 0 spiro atoms. The minimum Gasteiger partial charge on any atom is -0.501 e. The minimum absolute atomic E-state index is 0.219. The third kappa shape index (κ3) is 5.72. The van der Waals surface area contributed by atoms with E-state index in [0.29, 0.717) is 12.3 Å². The van der Waals surface area contributed by atoms with E-state index in [0.717, 1.165) is 11.3 Å². The van der Waals surface area contributed by atoms with Crippen LogP contribution in [-0.2, 0) is 4.74 Å². The zero-order valence-electron chi connectivity index (χ0n) is 12.4. The van der Waals surface area contributed by atoms with E-state index in [1.54, 1.807) is 7.11 Å². The highest BCUT2D eigenvalue weighted by atomic mass is 16.5. The van der Waals surface area contributed by atoms with Crippen LogP contribution in [0.2, 0.25) is 0 Å². The smallest absolute Gasteiger partial charge is 0.0959 e. The van der Waals surface area contributed by atoms with E-state index in [1.807, 2.05) is 13.0 Å². The van der Waals surface area contributed by atoms with Gasteiger partial charge in [-0.25, -0.2) is 0 Å². The van der Waals surface area contributed by atoms with Gasteiger partial charge in [-0.15, -0.1) is 0 Å². The molecule has 0 N–H and O–H groups in total. The molecule has 0 aliphatic rings. The Kier molecular flexibility index (Phi) is 7.87. The van der Waals surface area contributed by atoms with Crippen LogP contribution in [0.15, 0.2) is 35.1 Å². The maximum absolute atomic E-state index is 8.95. The average molecular weight is 247 g/mol. The van der Waals surface area contributed by atoms with Crippen molar-refractivity contribution < 1.29 is 4.74 Å². The molecule has 2 nitrogen and oxygen atoms in total. The van der Waals surface area contributed by atoms with Gasteiger partial charge in [-0.05, 0) is 32.3 Å². The lowest BCUT2D eigenvalue weighted by Crippen LogP contribution is -2.12. The maximum atomic E-state index is 8.95. The van der Waals surface area contributed by atoms with E-state index >= 15 is 0 Å². The molecule has 2 heteroatoms. The minimum atomic E-state index is 0.219. The van der Waals surface area contributed by atoms with Crippen LogP contribution in [0.25, 0.3) is 0 Å². The average Bonchev–Trinajstić information content (AvgIpc) is 2.31. The number of ether oxygens (including phenoxy) is 1. The summed E-state index contributed by atoms with van der Waals surface area (Å²) in [7, 11) is 1.67. The molecule has 0 bridgehead atoms. The Bertz CT molecular complexity index is 376. The normalized spacial score (nSPS) is 14.1. The molecule has 0 radical (unpaired) electrons. The molecule has 0 aliphatic carbocycles. The number of nitrogens with zero attached hydrogens (tertiary/aromatic N) is 1. The lowest BCUT2D eigenvalue weighted by molar-refractivity contribution is 0.280. The van der Waals surface area contributed by atoms with Gasteiger partial charge in [0, 0.05) is 12.3 Å². The van der Waals surface area contributed by atoms with Crippen molar-refractivity contribution in [3.05, 3.63) is 35.1 Å². The Morgan fingerprint density at radius 2 is 1.89 bits per heavy atom. The third-order valence-corrected chi connectivity index (χ3v) is 2.93. The van der Waals surface area contributed by atoms with E-state index in [4.69, 9.17) is 10.00 Å². The number of nitriles is 1. The molecule has 0 aromatic rings. The number of rotatable bonds is 6. The van der Waals surface area contributed by atoms with Gasteiger partial charge in [0.2, 0.25) is 0 Å². The SMILES string of the molecule is CO/C(C)=C(/C=C\C=C(C)C)C(CC#N)C(C)C. The molecule has 18 heavy (non-hydrogen) atoms. The number of hydrogen-bond donors (Lipinski definition) is 0. The molecule has 0 amide bonds. The summed E-state index contributed by atoms with van der Waals surface area (Å²) in [5.41, 5.74) is 2.37. The second kappa shape index (κ2) is 8.58. The standard InChI is InChI=1S/C16H25NO/c1-12(2)8-7-9-16(14(5)18-6)15(10-11-17)13(3)4/h7-9,13,15H,10H2,1-6H3/b9-7-,16-14-. The van der Waals surface area contributed by atoms with Crippen molar-refractivity contribution in [2.75, 3.05) is 7.11 Å². The summed E-state index contributed by atoms with van der Waals surface area (Å²) in [5.74, 6) is 1.53. The first-order valence-corrected chi connectivity index (χ1v) is 6.37. The highest BCUT2D eigenvalue weighted by Crippen LogP contribution is 2.27. The molecule has 0 saturated carbocycles. The monoisotopic (exact) mass is 247 g/mol. The molecule has 0 aromatic carbocycles. The molecular weight excluding hydrogens is 222 g/mol. The molecular formula is C16H25NO. The fraction of sp³-hybridized carbons (Fsp3) is 0.562. The van der Waals surface area contributed by atoms with Gasteiger partial charge < -0.3 is 4.74 Å². The van der Waals surface area contributed by atoms with Crippen LogP contribution in [-0.4, -0.2) is 7.11 Å². The van der Waals surface area contributed by atoms with Crippen molar-refractivity contribution in [3.63, 3.8) is 0 Å². The molecule has 0 rings (SSSR count). The lowest BCUT2D eigenvalue weighted by Gasteiger charge is -2.21. The third-order valence-electron chi connectivity index (χ3n) is 2.93. The second-order valence-corrected chi connectivity index (χ2v) is 5.03. The molecule has 100 valence electrons. The van der Waals surface area contributed by atoms with E-state index in [-0.39, 0.29) is 5.92 Å². The number of allylic oxidation sites excluding steroid dienone is 6. The Hall–Kier alpha value is -1.49. The predicted octanol–water partition coefficient (Wildman–Crippen LogP) is 4.62. The molecule has 0 saturated heterocycles. The van der Waals surface area contributed by atoms with Gasteiger partial charge in [-0.1, -0.05) is 37.6 Å². The largest absolute Gasteiger partial charge is 0.501 e. The van der Waals surface area contributed by atoms with Crippen LogP contribution in [0, 0.1) is 23.2 Å². The van der Waals surface area contributed by atoms with E-state index in [2.05, 4.69) is 45.9 Å². The molecule has 0 aromatic heterocycles. The van der Waals surface area contributed by atoms with Crippen molar-refractivity contribution >= 4 is 0 Å². The summed E-state index contributed by atoms with van der Waals surface area (Å²) in [5, 5.41) is 8.95. The summed E-state index contributed by atoms with van der Waals surface area (Å²) < 4.78 is 5.35. The van der Waals surface area contributed by atoms with Gasteiger partial charge in [0.1, 0.15) is 0 Å². The van der Waals surface area contributed by atoms with Crippen molar-refractivity contribution in [3.8, 4) is 6.07 Å². The van der Waals surface area contributed by atoms with E-state index in [1.165, 1.54) is 5.57 Å². The quantitative estimate of drug-likeness (QED) is 0.507. The van der Waals surface area contributed by atoms with Crippen molar-refractivity contribution in [2.45, 2.75) is 41.0 Å². The summed E-state index contributed by atoms with van der Waals surface area (Å²) >= 11 is 0. The van der Waals surface area contributed by atoms with Gasteiger partial charge in [0.05, 0.1) is 18.9 Å². The molecule has 1 unspecified atom stereocenters. The topological polar surface area (TPSA) is 33.0 Å². The highest BCUT2D eigenvalue weighted by Gasteiger charge is 2.18. The van der Waals surface area contributed by atoms with Gasteiger partial charge in [-0.2, -0.15) is 5.26 Å². The van der Waals surface area contributed by atoms with Crippen LogP contribution < -0.4 is 0 Å². The Balaban J connectivity index is 5.30. The predicted molar refractivity (Wildman–Crippen MR) is 76.8 cm³/mol. The van der Waals surface area contributed by atoms with E-state index in [9.17, 15) is 0 Å². The van der Waals surface area contributed by atoms with Crippen LogP contribution in [0.3, 0.4) is 0 Å². The van der Waals surface area contributed by atoms with Gasteiger partial charge in [-0.3, -0.25) is 0 Å². The van der Waals surface area contributed by atoms with Crippen LogP contribution in [0.4, 0.5) is 0 Å². The molecule has 0 aliphatic heterocycles. The van der Waals surface area contributed by atoms with Crippen molar-refractivity contribution in [1.29, 1.82) is 5.26 Å². The number of hydrogen-bond acceptors (Lipinski definition) is 2. The van der Waals surface area contributed by atoms with Crippen molar-refractivity contribution in [2.24, 2.45) is 11.8 Å². The van der Waals surface area contributed by atoms with Crippen LogP contribution in [0.5, 0.6) is 0 Å². The van der Waals surface area contributed by atoms with E-state index < -0.39 is 0 Å².